The molecule has 1 rings (SSSR count). The first-order valence-corrected chi connectivity index (χ1v) is 5.10. The molecule has 1 unspecified atom stereocenters. The molecule has 0 bridgehead atoms. The summed E-state index contributed by atoms with van der Waals surface area (Å²) in [5, 5.41) is 9.86. The lowest BCUT2D eigenvalue weighted by molar-refractivity contribution is -0.139. The second-order valence-electron chi connectivity index (χ2n) is 4.45. The Morgan fingerprint density at radius 1 is 1.21 bits per heavy atom. The van der Waals surface area contributed by atoms with Gasteiger partial charge in [-0.15, -0.1) is 0 Å². The van der Waals surface area contributed by atoms with E-state index in [4.69, 9.17) is 0 Å². The van der Waals surface area contributed by atoms with E-state index < -0.39 is 18.2 Å². The van der Waals surface area contributed by atoms with Gasteiger partial charge < -0.3 is 5.11 Å². The Labute approximate surface area is 82.3 Å². The largest absolute Gasteiger partial charge is 0.390 e. The topological polar surface area (TPSA) is 20.2 Å². The Morgan fingerprint density at radius 3 is 2.14 bits per heavy atom. The molecule has 1 fully saturated rings. The summed E-state index contributed by atoms with van der Waals surface area (Å²) in [5.41, 5.74) is -0.885. The van der Waals surface area contributed by atoms with Crippen molar-refractivity contribution in [1.82, 2.24) is 0 Å². The molecular formula is C10H17F3O. The van der Waals surface area contributed by atoms with Gasteiger partial charge in [-0.1, -0.05) is 6.42 Å². The van der Waals surface area contributed by atoms with E-state index in [9.17, 15) is 18.3 Å². The predicted molar refractivity (Wildman–Crippen MR) is 47.9 cm³/mol. The Hall–Kier alpha value is -0.250. The zero-order valence-electron chi connectivity index (χ0n) is 8.40. The van der Waals surface area contributed by atoms with Crippen LogP contribution in [0.1, 0.15) is 45.4 Å². The van der Waals surface area contributed by atoms with Gasteiger partial charge >= 0.3 is 6.18 Å². The minimum Gasteiger partial charge on any atom is -0.390 e. The predicted octanol–water partition coefficient (Wildman–Crippen LogP) is 3.27. The average molecular weight is 210 g/mol. The molecule has 0 spiro atoms. The quantitative estimate of drug-likeness (QED) is 0.755. The highest BCUT2D eigenvalue weighted by atomic mass is 19.4. The monoisotopic (exact) mass is 210 g/mol. The standard InChI is InChI=1S/C10H17F3O/c1-9(14,8-4-2-5-8)6-3-7-10(11,12)13/h8,14H,2-7H2,1H3. The van der Waals surface area contributed by atoms with Crippen molar-refractivity contribution in [3.8, 4) is 0 Å². The van der Waals surface area contributed by atoms with Crippen molar-refractivity contribution in [3.05, 3.63) is 0 Å². The molecule has 84 valence electrons. The third-order valence-corrected chi connectivity index (χ3v) is 3.13. The van der Waals surface area contributed by atoms with Gasteiger partial charge in [0.2, 0.25) is 0 Å². The molecule has 1 saturated carbocycles. The molecule has 1 N–H and O–H groups in total. The van der Waals surface area contributed by atoms with Crippen molar-refractivity contribution < 1.29 is 18.3 Å². The summed E-state index contributed by atoms with van der Waals surface area (Å²) in [7, 11) is 0. The van der Waals surface area contributed by atoms with Crippen LogP contribution in [-0.4, -0.2) is 16.9 Å². The Balaban J connectivity index is 2.22. The zero-order chi connectivity index (χ0) is 10.8. The van der Waals surface area contributed by atoms with E-state index in [1.807, 2.05) is 0 Å². The first-order chi connectivity index (χ1) is 6.31. The van der Waals surface area contributed by atoms with Crippen molar-refractivity contribution in [2.45, 2.75) is 57.2 Å². The van der Waals surface area contributed by atoms with Crippen LogP contribution in [0.5, 0.6) is 0 Å². The van der Waals surface area contributed by atoms with Gasteiger partial charge in [0, 0.05) is 6.42 Å². The lowest BCUT2D eigenvalue weighted by atomic mass is 9.72. The lowest BCUT2D eigenvalue weighted by Gasteiger charge is -2.39. The first kappa shape index (κ1) is 11.8. The molecule has 0 saturated heterocycles. The number of halogens is 3. The summed E-state index contributed by atoms with van der Waals surface area (Å²) in [6, 6.07) is 0. The molecule has 0 aromatic rings. The summed E-state index contributed by atoms with van der Waals surface area (Å²) >= 11 is 0. The molecule has 1 aliphatic carbocycles. The molecule has 1 atom stereocenters. The summed E-state index contributed by atoms with van der Waals surface area (Å²) in [6.45, 7) is 1.66. The fourth-order valence-corrected chi connectivity index (χ4v) is 1.88. The van der Waals surface area contributed by atoms with Crippen molar-refractivity contribution in [3.63, 3.8) is 0 Å². The highest BCUT2D eigenvalue weighted by Crippen LogP contribution is 2.39. The number of hydrogen-bond donors (Lipinski definition) is 1. The van der Waals surface area contributed by atoms with Gasteiger partial charge in [-0.05, 0) is 38.5 Å². The van der Waals surface area contributed by atoms with Gasteiger partial charge in [0.1, 0.15) is 0 Å². The maximum absolute atomic E-state index is 11.8. The van der Waals surface area contributed by atoms with Crippen LogP contribution < -0.4 is 0 Å². The molecule has 0 amide bonds. The van der Waals surface area contributed by atoms with Crippen molar-refractivity contribution >= 4 is 0 Å². The average Bonchev–Trinajstić information content (AvgIpc) is 1.75. The second-order valence-corrected chi connectivity index (χ2v) is 4.45. The lowest BCUT2D eigenvalue weighted by Crippen LogP contribution is -2.38. The van der Waals surface area contributed by atoms with Crippen molar-refractivity contribution in [2.24, 2.45) is 5.92 Å². The fourth-order valence-electron chi connectivity index (χ4n) is 1.88. The number of alkyl halides is 3. The molecule has 1 aliphatic rings. The van der Waals surface area contributed by atoms with Crippen molar-refractivity contribution in [2.75, 3.05) is 0 Å². The molecular weight excluding hydrogens is 193 g/mol. The Kier molecular flexibility index (Phi) is 3.45. The van der Waals surface area contributed by atoms with Gasteiger partial charge in [0.05, 0.1) is 5.60 Å². The van der Waals surface area contributed by atoms with Crippen LogP contribution >= 0.6 is 0 Å². The summed E-state index contributed by atoms with van der Waals surface area (Å²) in [6.07, 6.45) is -1.56. The molecule has 0 heterocycles. The van der Waals surface area contributed by atoms with E-state index >= 15 is 0 Å². The van der Waals surface area contributed by atoms with Gasteiger partial charge in [-0.2, -0.15) is 13.2 Å². The van der Waals surface area contributed by atoms with E-state index in [-0.39, 0.29) is 18.8 Å². The normalized spacial score (nSPS) is 22.9. The van der Waals surface area contributed by atoms with Gasteiger partial charge in [0.25, 0.3) is 0 Å². The fraction of sp³-hybridized carbons (Fsp3) is 1.00. The van der Waals surface area contributed by atoms with Gasteiger partial charge in [-0.3, -0.25) is 0 Å². The maximum Gasteiger partial charge on any atom is 0.389 e. The van der Waals surface area contributed by atoms with E-state index in [0.29, 0.717) is 0 Å². The third-order valence-electron chi connectivity index (χ3n) is 3.13. The van der Waals surface area contributed by atoms with Crippen LogP contribution in [0.3, 0.4) is 0 Å². The van der Waals surface area contributed by atoms with Crippen LogP contribution in [-0.2, 0) is 0 Å². The molecule has 4 heteroatoms. The second kappa shape index (κ2) is 4.09. The molecule has 14 heavy (non-hydrogen) atoms. The van der Waals surface area contributed by atoms with E-state index in [0.717, 1.165) is 19.3 Å². The molecule has 0 aromatic carbocycles. The molecule has 0 aromatic heterocycles. The first-order valence-electron chi connectivity index (χ1n) is 5.10. The highest BCUT2D eigenvalue weighted by molar-refractivity contribution is 4.87. The smallest absolute Gasteiger partial charge is 0.389 e. The van der Waals surface area contributed by atoms with Crippen LogP contribution in [0.4, 0.5) is 13.2 Å². The highest BCUT2D eigenvalue weighted by Gasteiger charge is 2.36. The van der Waals surface area contributed by atoms with Crippen LogP contribution in [0.25, 0.3) is 0 Å². The number of rotatable bonds is 4. The summed E-state index contributed by atoms with van der Waals surface area (Å²) < 4.78 is 35.5. The van der Waals surface area contributed by atoms with E-state index in [1.165, 1.54) is 0 Å². The molecule has 0 radical (unpaired) electrons. The van der Waals surface area contributed by atoms with Crippen molar-refractivity contribution in [1.29, 1.82) is 0 Å². The Morgan fingerprint density at radius 2 is 1.79 bits per heavy atom. The van der Waals surface area contributed by atoms with Gasteiger partial charge in [0.15, 0.2) is 0 Å². The summed E-state index contributed by atoms with van der Waals surface area (Å²) in [4.78, 5) is 0. The minimum atomic E-state index is -4.09. The van der Waals surface area contributed by atoms with Crippen LogP contribution in [0.2, 0.25) is 0 Å². The number of aliphatic hydroxyl groups is 1. The number of hydrogen-bond acceptors (Lipinski definition) is 1. The summed E-state index contributed by atoms with van der Waals surface area (Å²) in [5.74, 6) is 0.218. The zero-order valence-corrected chi connectivity index (χ0v) is 8.40. The minimum absolute atomic E-state index is 0.0347. The third kappa shape index (κ3) is 3.48. The van der Waals surface area contributed by atoms with Gasteiger partial charge in [-0.25, -0.2) is 0 Å². The molecule has 0 aliphatic heterocycles. The van der Waals surface area contributed by atoms with Crippen LogP contribution in [0.15, 0.2) is 0 Å². The SMILES string of the molecule is CC(O)(CCCC(F)(F)F)C1CCC1. The van der Waals surface area contributed by atoms with Crippen LogP contribution in [0, 0.1) is 5.92 Å². The Bertz CT molecular complexity index is 182. The molecule has 1 nitrogen and oxygen atoms in total. The van der Waals surface area contributed by atoms with E-state index in [1.54, 1.807) is 6.92 Å². The van der Waals surface area contributed by atoms with E-state index in [2.05, 4.69) is 0 Å². The maximum atomic E-state index is 11.8.